The van der Waals surface area contributed by atoms with Crippen molar-refractivity contribution in [2.24, 2.45) is 0 Å². The summed E-state index contributed by atoms with van der Waals surface area (Å²) in [4.78, 5) is 4.37. The molecule has 1 heterocycles. The summed E-state index contributed by atoms with van der Waals surface area (Å²) in [6.45, 7) is 3.24. The highest BCUT2D eigenvalue weighted by Crippen LogP contribution is 2.19. The third-order valence-corrected chi connectivity index (χ3v) is 3.41. The third kappa shape index (κ3) is 3.97. The van der Waals surface area contributed by atoms with Crippen molar-refractivity contribution in [2.75, 3.05) is 6.54 Å². The van der Waals surface area contributed by atoms with Crippen molar-refractivity contribution in [3.05, 3.63) is 41.7 Å². The van der Waals surface area contributed by atoms with Crippen molar-refractivity contribution in [2.45, 2.75) is 45.1 Å². The van der Waals surface area contributed by atoms with Crippen LogP contribution in [0.15, 0.2) is 36.0 Å². The number of allylic oxidation sites excluding steroid dienone is 1. The predicted molar refractivity (Wildman–Crippen MR) is 71.8 cm³/mol. The van der Waals surface area contributed by atoms with Crippen molar-refractivity contribution >= 4 is 0 Å². The summed E-state index contributed by atoms with van der Waals surface area (Å²) in [7, 11) is 0. The van der Waals surface area contributed by atoms with Crippen LogP contribution in [0.4, 0.5) is 0 Å². The Morgan fingerprint density at radius 3 is 3.00 bits per heavy atom. The fourth-order valence-corrected chi connectivity index (χ4v) is 2.32. The lowest BCUT2D eigenvalue weighted by atomic mass is 9.97. The van der Waals surface area contributed by atoms with Crippen LogP contribution in [0, 0.1) is 0 Å². The molecule has 0 saturated carbocycles. The SMILES string of the molecule is CC(NCCC1=CCCCC1)c1ccccn1. The zero-order valence-electron chi connectivity index (χ0n) is 10.7. The average molecular weight is 230 g/mol. The normalized spacial score (nSPS) is 17.6. The summed E-state index contributed by atoms with van der Waals surface area (Å²) in [5.74, 6) is 0. The molecule has 0 amide bonds. The molecule has 0 aliphatic heterocycles. The van der Waals surface area contributed by atoms with Crippen LogP contribution in [0.1, 0.15) is 50.8 Å². The Kier molecular flexibility index (Phi) is 4.75. The first-order valence-electron chi connectivity index (χ1n) is 6.68. The smallest absolute Gasteiger partial charge is 0.0570 e. The Bertz CT molecular complexity index is 356. The molecule has 92 valence electrons. The third-order valence-electron chi connectivity index (χ3n) is 3.41. The van der Waals surface area contributed by atoms with Gasteiger partial charge in [-0.05, 0) is 57.7 Å². The van der Waals surface area contributed by atoms with E-state index in [-0.39, 0.29) is 0 Å². The number of aromatic nitrogens is 1. The lowest BCUT2D eigenvalue weighted by Gasteiger charge is -2.16. The largest absolute Gasteiger partial charge is 0.309 e. The van der Waals surface area contributed by atoms with E-state index in [9.17, 15) is 0 Å². The van der Waals surface area contributed by atoms with Crippen LogP contribution in [0.5, 0.6) is 0 Å². The second-order valence-electron chi connectivity index (χ2n) is 4.79. The van der Waals surface area contributed by atoms with Gasteiger partial charge in [-0.15, -0.1) is 0 Å². The summed E-state index contributed by atoms with van der Waals surface area (Å²) in [6.07, 6.45) is 10.8. The van der Waals surface area contributed by atoms with E-state index in [1.165, 1.54) is 32.1 Å². The molecule has 0 aromatic carbocycles. The van der Waals surface area contributed by atoms with Gasteiger partial charge in [-0.3, -0.25) is 4.98 Å². The molecule has 2 nitrogen and oxygen atoms in total. The second-order valence-corrected chi connectivity index (χ2v) is 4.79. The minimum Gasteiger partial charge on any atom is -0.309 e. The maximum absolute atomic E-state index is 4.37. The summed E-state index contributed by atoms with van der Waals surface area (Å²) < 4.78 is 0. The predicted octanol–water partition coefficient (Wildman–Crippen LogP) is 3.62. The van der Waals surface area contributed by atoms with Crippen molar-refractivity contribution in [3.63, 3.8) is 0 Å². The molecule has 1 N–H and O–H groups in total. The number of nitrogens with zero attached hydrogens (tertiary/aromatic N) is 1. The molecule has 1 aliphatic carbocycles. The lowest BCUT2D eigenvalue weighted by molar-refractivity contribution is 0.552. The van der Waals surface area contributed by atoms with E-state index < -0.39 is 0 Å². The maximum atomic E-state index is 4.37. The molecule has 1 aromatic rings. The van der Waals surface area contributed by atoms with E-state index in [2.05, 4.69) is 29.4 Å². The molecule has 1 unspecified atom stereocenters. The van der Waals surface area contributed by atoms with Crippen LogP contribution >= 0.6 is 0 Å². The zero-order valence-corrected chi connectivity index (χ0v) is 10.7. The Balaban J connectivity index is 1.73. The molecular weight excluding hydrogens is 208 g/mol. The molecule has 2 rings (SSSR count). The van der Waals surface area contributed by atoms with Crippen LogP contribution in [-0.2, 0) is 0 Å². The van der Waals surface area contributed by atoms with E-state index >= 15 is 0 Å². The molecule has 0 spiro atoms. The van der Waals surface area contributed by atoms with E-state index in [1.807, 2.05) is 18.3 Å². The molecule has 0 bridgehead atoms. The van der Waals surface area contributed by atoms with Crippen molar-refractivity contribution in [3.8, 4) is 0 Å². The Morgan fingerprint density at radius 1 is 1.35 bits per heavy atom. The quantitative estimate of drug-likeness (QED) is 0.781. The molecule has 1 atom stereocenters. The molecule has 0 fully saturated rings. The highest BCUT2D eigenvalue weighted by atomic mass is 14.9. The van der Waals surface area contributed by atoms with Crippen LogP contribution in [-0.4, -0.2) is 11.5 Å². The van der Waals surface area contributed by atoms with Crippen molar-refractivity contribution in [1.29, 1.82) is 0 Å². The van der Waals surface area contributed by atoms with Gasteiger partial charge >= 0.3 is 0 Å². The van der Waals surface area contributed by atoms with Gasteiger partial charge in [0, 0.05) is 12.2 Å². The average Bonchev–Trinajstić information content (AvgIpc) is 2.41. The van der Waals surface area contributed by atoms with Crippen LogP contribution in [0.2, 0.25) is 0 Å². The van der Waals surface area contributed by atoms with Gasteiger partial charge in [0.1, 0.15) is 0 Å². The van der Waals surface area contributed by atoms with Crippen LogP contribution < -0.4 is 5.32 Å². The first-order valence-corrected chi connectivity index (χ1v) is 6.68. The summed E-state index contributed by atoms with van der Waals surface area (Å²) in [6, 6.07) is 6.44. The van der Waals surface area contributed by atoms with Gasteiger partial charge in [0.05, 0.1) is 5.69 Å². The van der Waals surface area contributed by atoms with Crippen molar-refractivity contribution in [1.82, 2.24) is 10.3 Å². The summed E-state index contributed by atoms with van der Waals surface area (Å²) in [5.41, 5.74) is 2.77. The number of hydrogen-bond acceptors (Lipinski definition) is 2. The standard InChI is InChI=1S/C15H22N2/c1-13(15-9-5-6-11-17-15)16-12-10-14-7-3-2-4-8-14/h5-7,9,11,13,16H,2-4,8,10,12H2,1H3. The topological polar surface area (TPSA) is 24.9 Å². The van der Waals surface area contributed by atoms with Gasteiger partial charge < -0.3 is 5.32 Å². The van der Waals surface area contributed by atoms with Crippen LogP contribution in [0.3, 0.4) is 0 Å². The first kappa shape index (κ1) is 12.3. The maximum Gasteiger partial charge on any atom is 0.0570 e. The summed E-state index contributed by atoms with van der Waals surface area (Å²) in [5, 5.41) is 3.54. The molecular formula is C15H22N2. The number of pyridine rings is 1. The Labute approximate surface area is 104 Å². The van der Waals surface area contributed by atoms with E-state index in [1.54, 1.807) is 5.57 Å². The molecule has 0 radical (unpaired) electrons. The Hall–Kier alpha value is -1.15. The fourth-order valence-electron chi connectivity index (χ4n) is 2.32. The Morgan fingerprint density at radius 2 is 2.29 bits per heavy atom. The molecule has 0 saturated heterocycles. The van der Waals surface area contributed by atoms with Gasteiger partial charge in [0.25, 0.3) is 0 Å². The minimum absolute atomic E-state index is 0.348. The zero-order chi connectivity index (χ0) is 11.9. The van der Waals surface area contributed by atoms with E-state index in [0.29, 0.717) is 6.04 Å². The molecule has 17 heavy (non-hydrogen) atoms. The number of rotatable bonds is 5. The lowest BCUT2D eigenvalue weighted by Crippen LogP contribution is -2.21. The highest BCUT2D eigenvalue weighted by Gasteiger charge is 2.06. The first-order chi connectivity index (χ1) is 8.36. The monoisotopic (exact) mass is 230 g/mol. The molecule has 2 heteroatoms. The van der Waals surface area contributed by atoms with Crippen LogP contribution in [0.25, 0.3) is 0 Å². The highest BCUT2D eigenvalue weighted by molar-refractivity contribution is 5.08. The minimum atomic E-state index is 0.348. The van der Waals surface area contributed by atoms with Gasteiger partial charge in [-0.2, -0.15) is 0 Å². The summed E-state index contributed by atoms with van der Waals surface area (Å²) >= 11 is 0. The van der Waals surface area contributed by atoms with E-state index in [4.69, 9.17) is 0 Å². The number of hydrogen-bond donors (Lipinski definition) is 1. The number of nitrogens with one attached hydrogen (secondary N) is 1. The molecule has 1 aliphatic rings. The van der Waals surface area contributed by atoms with Gasteiger partial charge in [0.15, 0.2) is 0 Å². The van der Waals surface area contributed by atoms with Gasteiger partial charge in [-0.1, -0.05) is 17.7 Å². The van der Waals surface area contributed by atoms with Crippen molar-refractivity contribution < 1.29 is 0 Å². The van der Waals surface area contributed by atoms with Gasteiger partial charge in [0.2, 0.25) is 0 Å². The second kappa shape index (κ2) is 6.55. The fraction of sp³-hybridized carbons (Fsp3) is 0.533. The van der Waals surface area contributed by atoms with Gasteiger partial charge in [-0.25, -0.2) is 0 Å². The van der Waals surface area contributed by atoms with E-state index in [0.717, 1.165) is 12.2 Å². The molecule has 1 aromatic heterocycles.